The molecule has 0 saturated carbocycles. The molecule has 0 fully saturated rings. The highest BCUT2D eigenvalue weighted by molar-refractivity contribution is 5.34. The standard InChI is InChI=1S/C22H31NO2/c1-5-23(6-2)15-16-25-22-13-9-20(10-14-22)18(4)17(3)19-7-11-21(24)12-8-19/h7-14,17-18,24H,5-6,15-16H2,1-4H3/t17-,18+/m1/s1. The molecule has 3 heteroatoms. The van der Waals surface area contributed by atoms with Crippen LogP contribution >= 0.6 is 0 Å². The fourth-order valence-corrected chi connectivity index (χ4v) is 3.06. The average Bonchev–Trinajstić information content (AvgIpc) is 2.65. The lowest BCUT2D eigenvalue weighted by Crippen LogP contribution is -2.27. The van der Waals surface area contributed by atoms with E-state index in [1.807, 2.05) is 12.1 Å². The van der Waals surface area contributed by atoms with E-state index in [4.69, 9.17) is 4.74 Å². The van der Waals surface area contributed by atoms with E-state index in [2.05, 4.69) is 56.9 Å². The summed E-state index contributed by atoms with van der Waals surface area (Å²) in [4.78, 5) is 2.36. The molecule has 2 rings (SSSR count). The summed E-state index contributed by atoms with van der Waals surface area (Å²) >= 11 is 0. The largest absolute Gasteiger partial charge is 0.508 e. The Morgan fingerprint density at radius 3 is 1.80 bits per heavy atom. The van der Waals surface area contributed by atoms with Gasteiger partial charge in [-0.2, -0.15) is 0 Å². The number of likely N-dealkylation sites (N-methyl/N-ethyl adjacent to an activating group) is 1. The second kappa shape index (κ2) is 9.47. The van der Waals surface area contributed by atoms with E-state index in [-0.39, 0.29) is 0 Å². The SMILES string of the molecule is CCN(CC)CCOc1ccc([C@@H](C)[C@@H](C)c2ccc(O)cc2)cc1. The van der Waals surface area contributed by atoms with Crippen LogP contribution in [0.15, 0.2) is 48.5 Å². The summed E-state index contributed by atoms with van der Waals surface area (Å²) in [6.45, 7) is 12.6. The van der Waals surface area contributed by atoms with Gasteiger partial charge in [0.1, 0.15) is 18.1 Å². The molecule has 1 N–H and O–H groups in total. The first-order valence-corrected chi connectivity index (χ1v) is 9.29. The van der Waals surface area contributed by atoms with Crippen LogP contribution in [-0.2, 0) is 0 Å². The van der Waals surface area contributed by atoms with Gasteiger partial charge in [-0.3, -0.25) is 0 Å². The average molecular weight is 341 g/mol. The van der Waals surface area contributed by atoms with Crippen LogP contribution in [0, 0.1) is 0 Å². The van der Waals surface area contributed by atoms with Gasteiger partial charge in [-0.05, 0) is 60.3 Å². The summed E-state index contributed by atoms with van der Waals surface area (Å²) < 4.78 is 5.86. The number of ether oxygens (including phenoxy) is 1. The Kier molecular flexibility index (Phi) is 7.32. The van der Waals surface area contributed by atoms with Crippen LogP contribution < -0.4 is 4.74 Å². The number of rotatable bonds is 9. The van der Waals surface area contributed by atoms with Gasteiger partial charge in [0.25, 0.3) is 0 Å². The molecule has 0 radical (unpaired) electrons. The Morgan fingerprint density at radius 2 is 1.32 bits per heavy atom. The number of phenols is 1. The predicted molar refractivity (Wildman–Crippen MR) is 105 cm³/mol. The molecule has 0 heterocycles. The zero-order valence-corrected chi connectivity index (χ0v) is 15.9. The quantitative estimate of drug-likeness (QED) is 0.695. The predicted octanol–water partition coefficient (Wildman–Crippen LogP) is 5.02. The second-order valence-corrected chi connectivity index (χ2v) is 6.61. The number of nitrogens with zero attached hydrogens (tertiary/aromatic N) is 1. The molecule has 0 aliphatic carbocycles. The van der Waals surface area contributed by atoms with Crippen molar-refractivity contribution in [1.82, 2.24) is 4.90 Å². The maximum Gasteiger partial charge on any atom is 0.119 e. The van der Waals surface area contributed by atoms with Crippen LogP contribution in [0.4, 0.5) is 0 Å². The van der Waals surface area contributed by atoms with E-state index in [9.17, 15) is 5.11 Å². The Hall–Kier alpha value is -2.00. The van der Waals surface area contributed by atoms with Crippen molar-refractivity contribution in [1.29, 1.82) is 0 Å². The first-order valence-electron chi connectivity index (χ1n) is 9.29. The Labute approximate surface area is 152 Å². The lowest BCUT2D eigenvalue weighted by Gasteiger charge is -2.21. The zero-order valence-electron chi connectivity index (χ0n) is 15.9. The van der Waals surface area contributed by atoms with Crippen LogP contribution in [0.25, 0.3) is 0 Å². The summed E-state index contributed by atoms with van der Waals surface area (Å²) in [6.07, 6.45) is 0. The van der Waals surface area contributed by atoms with Crippen molar-refractivity contribution in [2.45, 2.75) is 39.5 Å². The van der Waals surface area contributed by atoms with Crippen LogP contribution in [0.1, 0.15) is 50.7 Å². The first kappa shape index (κ1) is 19.3. The molecule has 0 aromatic heterocycles. The van der Waals surface area contributed by atoms with Gasteiger partial charge in [0.2, 0.25) is 0 Å². The number of hydrogen-bond acceptors (Lipinski definition) is 3. The van der Waals surface area contributed by atoms with Crippen molar-refractivity contribution in [3.8, 4) is 11.5 Å². The van der Waals surface area contributed by atoms with Gasteiger partial charge in [0, 0.05) is 6.54 Å². The van der Waals surface area contributed by atoms with E-state index in [0.717, 1.165) is 32.0 Å². The molecular weight excluding hydrogens is 310 g/mol. The van der Waals surface area contributed by atoms with Crippen molar-refractivity contribution in [3.63, 3.8) is 0 Å². The number of benzene rings is 2. The van der Waals surface area contributed by atoms with Crippen molar-refractivity contribution < 1.29 is 9.84 Å². The highest BCUT2D eigenvalue weighted by Gasteiger charge is 2.16. The third kappa shape index (κ3) is 5.50. The van der Waals surface area contributed by atoms with Gasteiger partial charge in [0.05, 0.1) is 0 Å². The Morgan fingerprint density at radius 1 is 0.840 bits per heavy atom. The molecule has 0 spiro atoms. The molecule has 0 unspecified atom stereocenters. The molecule has 136 valence electrons. The fraction of sp³-hybridized carbons (Fsp3) is 0.455. The Bertz CT molecular complexity index is 617. The van der Waals surface area contributed by atoms with Gasteiger partial charge in [-0.15, -0.1) is 0 Å². The molecule has 0 saturated heterocycles. The van der Waals surface area contributed by atoms with Crippen molar-refractivity contribution in [2.75, 3.05) is 26.2 Å². The molecule has 2 aromatic carbocycles. The zero-order chi connectivity index (χ0) is 18.2. The molecule has 0 bridgehead atoms. The molecular formula is C22H31NO2. The van der Waals surface area contributed by atoms with E-state index in [0.29, 0.717) is 17.6 Å². The first-order chi connectivity index (χ1) is 12.0. The minimum atomic E-state index is 0.315. The molecule has 2 atom stereocenters. The number of hydrogen-bond donors (Lipinski definition) is 1. The Balaban J connectivity index is 1.93. The number of phenolic OH excluding ortho intramolecular Hbond substituents is 1. The van der Waals surface area contributed by atoms with Crippen molar-refractivity contribution >= 4 is 0 Å². The highest BCUT2D eigenvalue weighted by Crippen LogP contribution is 2.33. The fourth-order valence-electron chi connectivity index (χ4n) is 3.06. The van der Waals surface area contributed by atoms with Gasteiger partial charge in [0.15, 0.2) is 0 Å². The molecule has 3 nitrogen and oxygen atoms in total. The van der Waals surface area contributed by atoms with Gasteiger partial charge in [-0.1, -0.05) is 52.0 Å². The van der Waals surface area contributed by atoms with E-state index in [1.165, 1.54) is 11.1 Å². The summed E-state index contributed by atoms with van der Waals surface area (Å²) in [5, 5.41) is 9.44. The maximum atomic E-state index is 9.44. The summed E-state index contributed by atoms with van der Waals surface area (Å²) in [5.41, 5.74) is 2.54. The van der Waals surface area contributed by atoms with Crippen molar-refractivity contribution in [3.05, 3.63) is 59.7 Å². The van der Waals surface area contributed by atoms with E-state index < -0.39 is 0 Å². The molecule has 0 amide bonds. The molecule has 2 aromatic rings. The smallest absolute Gasteiger partial charge is 0.119 e. The summed E-state index contributed by atoms with van der Waals surface area (Å²) in [5.74, 6) is 2.03. The van der Waals surface area contributed by atoms with Crippen molar-refractivity contribution in [2.24, 2.45) is 0 Å². The van der Waals surface area contributed by atoms with Crippen LogP contribution in [0.5, 0.6) is 11.5 Å². The molecule has 0 aliphatic heterocycles. The van der Waals surface area contributed by atoms with Gasteiger partial charge < -0.3 is 14.7 Å². The second-order valence-electron chi connectivity index (χ2n) is 6.61. The third-order valence-corrected chi connectivity index (χ3v) is 5.15. The monoisotopic (exact) mass is 341 g/mol. The van der Waals surface area contributed by atoms with Crippen LogP contribution in [-0.4, -0.2) is 36.2 Å². The lowest BCUT2D eigenvalue weighted by molar-refractivity contribution is 0.223. The van der Waals surface area contributed by atoms with E-state index in [1.54, 1.807) is 12.1 Å². The topological polar surface area (TPSA) is 32.7 Å². The summed E-state index contributed by atoms with van der Waals surface area (Å²) in [7, 11) is 0. The molecule has 0 aliphatic rings. The minimum absolute atomic E-state index is 0.315. The van der Waals surface area contributed by atoms with Gasteiger partial charge >= 0.3 is 0 Å². The summed E-state index contributed by atoms with van der Waals surface area (Å²) in [6, 6.07) is 16.0. The third-order valence-electron chi connectivity index (χ3n) is 5.15. The van der Waals surface area contributed by atoms with Gasteiger partial charge in [-0.25, -0.2) is 0 Å². The van der Waals surface area contributed by atoms with E-state index >= 15 is 0 Å². The highest BCUT2D eigenvalue weighted by atomic mass is 16.5. The van der Waals surface area contributed by atoms with Crippen LogP contribution in [0.3, 0.4) is 0 Å². The normalized spacial score (nSPS) is 13.6. The lowest BCUT2D eigenvalue weighted by atomic mass is 9.84. The molecule has 25 heavy (non-hydrogen) atoms. The van der Waals surface area contributed by atoms with Crippen LogP contribution in [0.2, 0.25) is 0 Å². The maximum absolute atomic E-state index is 9.44. The number of aromatic hydroxyl groups is 1. The minimum Gasteiger partial charge on any atom is -0.508 e.